The molecule has 0 saturated carbocycles. The second-order valence-electron chi connectivity index (χ2n) is 6.93. The predicted molar refractivity (Wildman–Crippen MR) is 104 cm³/mol. The number of hydrogen-bond donors (Lipinski definition) is 1. The van der Waals surface area contributed by atoms with Crippen LogP contribution in [0.2, 0.25) is 0 Å². The third-order valence-corrected chi connectivity index (χ3v) is 4.58. The molecule has 28 heavy (non-hydrogen) atoms. The van der Waals surface area contributed by atoms with Crippen LogP contribution in [0.25, 0.3) is 0 Å². The Balaban J connectivity index is 1.53. The van der Waals surface area contributed by atoms with Crippen molar-refractivity contribution in [2.45, 2.75) is 6.42 Å². The van der Waals surface area contributed by atoms with Crippen LogP contribution in [0.4, 0.5) is 5.82 Å². The van der Waals surface area contributed by atoms with Crippen LogP contribution < -0.4 is 10.2 Å². The highest BCUT2D eigenvalue weighted by molar-refractivity contribution is 5.93. The van der Waals surface area contributed by atoms with Crippen molar-refractivity contribution in [2.24, 2.45) is 0 Å². The Morgan fingerprint density at radius 1 is 1.21 bits per heavy atom. The molecule has 0 bridgehead atoms. The lowest BCUT2D eigenvalue weighted by Crippen LogP contribution is -2.49. The molecule has 1 fully saturated rings. The van der Waals surface area contributed by atoms with E-state index in [0.717, 1.165) is 13.0 Å². The van der Waals surface area contributed by atoms with Gasteiger partial charge in [-0.2, -0.15) is 0 Å². The molecule has 1 aliphatic rings. The van der Waals surface area contributed by atoms with Crippen LogP contribution >= 0.6 is 0 Å². The minimum Gasteiger partial charge on any atom is -0.459 e. The van der Waals surface area contributed by atoms with E-state index in [-0.39, 0.29) is 11.8 Å². The fourth-order valence-electron chi connectivity index (χ4n) is 3.03. The summed E-state index contributed by atoms with van der Waals surface area (Å²) in [6.07, 6.45) is 3.78. The summed E-state index contributed by atoms with van der Waals surface area (Å²) in [4.78, 5) is 38.9. The average Bonchev–Trinajstić information content (AvgIpc) is 3.25. The number of anilines is 1. The van der Waals surface area contributed by atoms with E-state index in [2.05, 4.69) is 25.1 Å². The number of nitrogens with one attached hydrogen (secondary N) is 1. The van der Waals surface area contributed by atoms with E-state index in [9.17, 15) is 9.59 Å². The Labute approximate surface area is 164 Å². The van der Waals surface area contributed by atoms with Crippen LogP contribution in [-0.2, 0) is 0 Å². The lowest BCUT2D eigenvalue weighted by Gasteiger charge is -2.35. The minimum atomic E-state index is -0.200. The van der Waals surface area contributed by atoms with Gasteiger partial charge in [0.25, 0.3) is 11.8 Å². The zero-order valence-electron chi connectivity index (χ0n) is 16.3. The van der Waals surface area contributed by atoms with Crippen molar-refractivity contribution in [3.63, 3.8) is 0 Å². The molecular formula is C19H26N6O3. The van der Waals surface area contributed by atoms with E-state index in [0.29, 0.717) is 50.0 Å². The molecule has 0 atom stereocenters. The Morgan fingerprint density at radius 2 is 2.00 bits per heavy atom. The molecule has 150 valence electrons. The number of nitrogens with zero attached hydrogens (tertiary/aromatic N) is 5. The predicted octanol–water partition coefficient (Wildman–Crippen LogP) is 0.714. The molecule has 3 heterocycles. The Hall–Kier alpha value is -2.94. The van der Waals surface area contributed by atoms with Crippen LogP contribution in [0, 0.1) is 0 Å². The van der Waals surface area contributed by atoms with Gasteiger partial charge in [0.15, 0.2) is 5.76 Å². The summed E-state index contributed by atoms with van der Waals surface area (Å²) in [6, 6.07) is 5.07. The Kier molecular flexibility index (Phi) is 6.59. The summed E-state index contributed by atoms with van der Waals surface area (Å²) in [5.41, 5.74) is 0.351. The van der Waals surface area contributed by atoms with Gasteiger partial charge in [0, 0.05) is 38.8 Å². The second-order valence-corrected chi connectivity index (χ2v) is 6.93. The number of hydrogen-bond acceptors (Lipinski definition) is 7. The van der Waals surface area contributed by atoms with Gasteiger partial charge in [-0.05, 0) is 39.2 Å². The monoisotopic (exact) mass is 386 g/mol. The van der Waals surface area contributed by atoms with Gasteiger partial charge in [0.05, 0.1) is 6.26 Å². The van der Waals surface area contributed by atoms with Crippen molar-refractivity contribution in [1.29, 1.82) is 0 Å². The second kappa shape index (κ2) is 9.32. The van der Waals surface area contributed by atoms with E-state index < -0.39 is 0 Å². The highest BCUT2D eigenvalue weighted by Gasteiger charge is 2.24. The van der Waals surface area contributed by atoms with Gasteiger partial charge >= 0.3 is 0 Å². The summed E-state index contributed by atoms with van der Waals surface area (Å²) < 4.78 is 5.18. The number of amides is 2. The third-order valence-electron chi connectivity index (χ3n) is 4.58. The molecule has 3 rings (SSSR count). The molecule has 0 aliphatic carbocycles. The molecular weight excluding hydrogens is 360 g/mol. The molecule has 0 radical (unpaired) electrons. The maximum Gasteiger partial charge on any atom is 0.289 e. The normalized spacial score (nSPS) is 14.4. The first-order valence-electron chi connectivity index (χ1n) is 9.37. The maximum absolute atomic E-state index is 12.3. The van der Waals surface area contributed by atoms with E-state index >= 15 is 0 Å². The molecule has 0 aromatic carbocycles. The standard InChI is InChI=1S/C19H26N6O3/c1-23(2)7-4-6-20-18(26)15-13-17(22-14-21-15)24-8-10-25(11-9-24)19(27)16-5-3-12-28-16/h3,5,12-14H,4,6-11H2,1-2H3,(H,20,26). The highest BCUT2D eigenvalue weighted by Crippen LogP contribution is 2.15. The zero-order valence-corrected chi connectivity index (χ0v) is 16.3. The molecule has 0 unspecified atom stereocenters. The number of aromatic nitrogens is 2. The lowest BCUT2D eigenvalue weighted by atomic mass is 10.2. The molecule has 1 N–H and O–H groups in total. The average molecular weight is 386 g/mol. The van der Waals surface area contributed by atoms with Gasteiger partial charge in [-0.1, -0.05) is 0 Å². The lowest BCUT2D eigenvalue weighted by molar-refractivity contribution is 0.0714. The molecule has 9 heteroatoms. The third kappa shape index (κ3) is 5.07. The van der Waals surface area contributed by atoms with Gasteiger partial charge in [0.2, 0.25) is 0 Å². The SMILES string of the molecule is CN(C)CCCNC(=O)c1cc(N2CCN(C(=O)c3ccco3)CC2)ncn1. The van der Waals surface area contributed by atoms with Gasteiger partial charge < -0.3 is 24.4 Å². The van der Waals surface area contributed by atoms with Crippen LogP contribution in [0.15, 0.2) is 35.2 Å². The Morgan fingerprint density at radius 3 is 2.68 bits per heavy atom. The molecule has 9 nitrogen and oxygen atoms in total. The highest BCUT2D eigenvalue weighted by atomic mass is 16.3. The van der Waals surface area contributed by atoms with Crippen LogP contribution in [0.3, 0.4) is 0 Å². The smallest absolute Gasteiger partial charge is 0.289 e. The quantitative estimate of drug-likeness (QED) is 0.701. The fraction of sp³-hybridized carbons (Fsp3) is 0.474. The van der Waals surface area contributed by atoms with Crippen LogP contribution in [0.1, 0.15) is 27.5 Å². The van der Waals surface area contributed by atoms with Crippen molar-refractivity contribution >= 4 is 17.6 Å². The topological polar surface area (TPSA) is 94.8 Å². The zero-order chi connectivity index (χ0) is 19.9. The van der Waals surface area contributed by atoms with E-state index in [1.807, 2.05) is 14.1 Å². The number of carbonyl (C=O) groups excluding carboxylic acids is 2. The van der Waals surface area contributed by atoms with Crippen molar-refractivity contribution < 1.29 is 14.0 Å². The molecule has 2 aromatic heterocycles. The summed E-state index contributed by atoms with van der Waals surface area (Å²) in [5, 5.41) is 2.88. The van der Waals surface area contributed by atoms with Gasteiger partial charge in [0.1, 0.15) is 17.8 Å². The van der Waals surface area contributed by atoms with Crippen molar-refractivity contribution in [1.82, 2.24) is 25.1 Å². The summed E-state index contributed by atoms with van der Waals surface area (Å²) in [6.45, 7) is 3.91. The van der Waals surface area contributed by atoms with E-state index in [1.165, 1.54) is 12.6 Å². The molecule has 2 amide bonds. The number of rotatable bonds is 7. The maximum atomic E-state index is 12.3. The van der Waals surface area contributed by atoms with Crippen molar-refractivity contribution in [2.75, 3.05) is 58.3 Å². The van der Waals surface area contributed by atoms with Gasteiger partial charge in [-0.15, -0.1) is 0 Å². The first-order chi connectivity index (χ1) is 13.5. The molecule has 1 saturated heterocycles. The number of piperazine rings is 1. The number of furan rings is 1. The summed E-state index contributed by atoms with van der Waals surface area (Å²) in [5.74, 6) is 0.737. The molecule has 2 aromatic rings. The first kappa shape index (κ1) is 19.8. The van der Waals surface area contributed by atoms with Gasteiger partial charge in [-0.3, -0.25) is 9.59 Å². The summed E-state index contributed by atoms with van der Waals surface area (Å²) in [7, 11) is 4.00. The van der Waals surface area contributed by atoms with Crippen LogP contribution in [-0.4, -0.2) is 84.9 Å². The van der Waals surface area contributed by atoms with E-state index in [4.69, 9.17) is 4.42 Å². The minimum absolute atomic E-state index is 0.106. The molecule has 1 aliphatic heterocycles. The first-order valence-corrected chi connectivity index (χ1v) is 9.37. The number of carbonyl (C=O) groups is 2. The van der Waals surface area contributed by atoms with Crippen molar-refractivity contribution in [3.8, 4) is 0 Å². The largest absolute Gasteiger partial charge is 0.459 e. The Bertz CT molecular complexity index is 785. The molecule has 0 spiro atoms. The summed E-state index contributed by atoms with van der Waals surface area (Å²) >= 11 is 0. The van der Waals surface area contributed by atoms with E-state index in [1.54, 1.807) is 23.1 Å². The van der Waals surface area contributed by atoms with Gasteiger partial charge in [-0.25, -0.2) is 9.97 Å². The fourth-order valence-corrected chi connectivity index (χ4v) is 3.03. The van der Waals surface area contributed by atoms with Crippen molar-refractivity contribution in [3.05, 3.63) is 42.2 Å². The van der Waals surface area contributed by atoms with Crippen LogP contribution in [0.5, 0.6) is 0 Å².